The number of rotatable bonds is 5. The van der Waals surface area contributed by atoms with Gasteiger partial charge in [0, 0.05) is 7.05 Å². The zero-order valence-corrected chi connectivity index (χ0v) is 15.4. The van der Waals surface area contributed by atoms with Gasteiger partial charge < -0.3 is 9.57 Å². The van der Waals surface area contributed by atoms with Crippen molar-refractivity contribution in [3.05, 3.63) is 71.5 Å². The average molecular weight is 349 g/mol. The van der Waals surface area contributed by atoms with Crippen LogP contribution in [0.25, 0.3) is 22.9 Å². The first-order valence-corrected chi connectivity index (χ1v) is 8.71. The molecule has 1 aliphatic rings. The number of allylic oxidation sites excluding steroid dienone is 1. The fraction of sp³-hybridized carbons (Fsp3) is 0.227. The SMILES string of the molecule is C=Cc1c(/C=C\C)cc2ccccc2c1C1C=C(C(=O)OCC)ON1C. The van der Waals surface area contributed by atoms with Gasteiger partial charge in [0.2, 0.25) is 5.76 Å². The van der Waals surface area contributed by atoms with E-state index in [0.717, 1.165) is 27.5 Å². The number of fused-ring (bicyclic) bond motifs is 1. The Balaban J connectivity index is 2.23. The number of hydroxylamine groups is 2. The summed E-state index contributed by atoms with van der Waals surface area (Å²) in [6.45, 7) is 8.09. The monoisotopic (exact) mass is 349 g/mol. The quantitative estimate of drug-likeness (QED) is 0.721. The van der Waals surface area contributed by atoms with Gasteiger partial charge in [-0.15, -0.1) is 5.06 Å². The van der Waals surface area contributed by atoms with Crippen molar-refractivity contribution in [3.8, 4) is 0 Å². The zero-order chi connectivity index (χ0) is 18.7. The molecule has 0 spiro atoms. The molecule has 0 aliphatic carbocycles. The number of esters is 1. The minimum Gasteiger partial charge on any atom is -0.460 e. The first-order valence-electron chi connectivity index (χ1n) is 8.71. The first kappa shape index (κ1) is 18.0. The van der Waals surface area contributed by atoms with Crippen LogP contribution in [0.1, 0.15) is 36.6 Å². The molecule has 0 aromatic heterocycles. The van der Waals surface area contributed by atoms with Crippen molar-refractivity contribution >= 4 is 28.9 Å². The Labute approximate surface area is 154 Å². The van der Waals surface area contributed by atoms with Crippen LogP contribution in [-0.4, -0.2) is 24.7 Å². The van der Waals surface area contributed by atoms with Gasteiger partial charge in [-0.1, -0.05) is 49.1 Å². The number of nitrogens with zero attached hydrogens (tertiary/aromatic N) is 1. The highest BCUT2D eigenvalue weighted by molar-refractivity contribution is 5.93. The molecule has 4 nitrogen and oxygen atoms in total. The summed E-state index contributed by atoms with van der Waals surface area (Å²) in [5.74, 6) is -0.231. The number of carbonyl (C=O) groups excluding carboxylic acids is 1. The van der Waals surface area contributed by atoms with Crippen molar-refractivity contribution in [1.29, 1.82) is 0 Å². The maximum atomic E-state index is 12.1. The summed E-state index contributed by atoms with van der Waals surface area (Å²) in [4.78, 5) is 17.7. The Morgan fingerprint density at radius 2 is 2.15 bits per heavy atom. The Kier molecular flexibility index (Phi) is 5.24. The third-order valence-electron chi connectivity index (χ3n) is 4.43. The molecule has 1 heterocycles. The Bertz CT molecular complexity index is 911. The fourth-order valence-electron chi connectivity index (χ4n) is 3.34. The van der Waals surface area contributed by atoms with Crippen molar-refractivity contribution in [2.45, 2.75) is 19.9 Å². The smallest absolute Gasteiger partial charge is 0.375 e. The van der Waals surface area contributed by atoms with Crippen LogP contribution in [0.4, 0.5) is 0 Å². The van der Waals surface area contributed by atoms with E-state index in [1.165, 1.54) is 0 Å². The lowest BCUT2D eigenvalue weighted by Crippen LogP contribution is -2.20. The second kappa shape index (κ2) is 7.58. The van der Waals surface area contributed by atoms with E-state index in [0.29, 0.717) is 6.61 Å². The number of ether oxygens (including phenoxy) is 1. The van der Waals surface area contributed by atoms with Crippen LogP contribution in [0, 0.1) is 0 Å². The van der Waals surface area contributed by atoms with Crippen LogP contribution in [0.15, 0.2) is 54.8 Å². The largest absolute Gasteiger partial charge is 0.460 e. The second-order valence-corrected chi connectivity index (χ2v) is 6.05. The maximum absolute atomic E-state index is 12.1. The zero-order valence-electron chi connectivity index (χ0n) is 15.4. The summed E-state index contributed by atoms with van der Waals surface area (Å²) < 4.78 is 5.07. The van der Waals surface area contributed by atoms with E-state index in [9.17, 15) is 4.79 Å². The lowest BCUT2D eigenvalue weighted by Gasteiger charge is -2.23. The number of hydrogen-bond donors (Lipinski definition) is 0. The molecule has 0 amide bonds. The highest BCUT2D eigenvalue weighted by atomic mass is 16.7. The number of benzene rings is 2. The molecule has 26 heavy (non-hydrogen) atoms. The van der Waals surface area contributed by atoms with Crippen molar-refractivity contribution in [2.24, 2.45) is 0 Å². The molecule has 0 saturated heterocycles. The lowest BCUT2D eigenvalue weighted by molar-refractivity contribution is -0.154. The normalized spacial score (nSPS) is 17.3. The average Bonchev–Trinajstić information content (AvgIpc) is 3.02. The van der Waals surface area contributed by atoms with E-state index in [1.807, 2.05) is 44.3 Å². The third kappa shape index (κ3) is 3.16. The Hall–Kier alpha value is -2.85. The molecular weight excluding hydrogens is 326 g/mol. The highest BCUT2D eigenvalue weighted by Gasteiger charge is 2.32. The van der Waals surface area contributed by atoms with Crippen LogP contribution in [0.3, 0.4) is 0 Å². The fourth-order valence-corrected chi connectivity index (χ4v) is 3.34. The van der Waals surface area contributed by atoms with Gasteiger partial charge in [-0.3, -0.25) is 0 Å². The molecule has 2 aromatic rings. The molecule has 0 radical (unpaired) electrons. The van der Waals surface area contributed by atoms with Gasteiger partial charge in [0.1, 0.15) is 0 Å². The number of hydrogen-bond acceptors (Lipinski definition) is 4. The number of carbonyl (C=O) groups is 1. The van der Waals surface area contributed by atoms with Gasteiger partial charge in [0.15, 0.2) is 0 Å². The van der Waals surface area contributed by atoms with Crippen LogP contribution in [0.5, 0.6) is 0 Å². The summed E-state index contributed by atoms with van der Waals surface area (Å²) in [5.41, 5.74) is 3.18. The molecular formula is C22H23NO3. The van der Waals surface area contributed by atoms with Gasteiger partial charge in [-0.05, 0) is 53.5 Å². The second-order valence-electron chi connectivity index (χ2n) is 6.05. The minimum absolute atomic E-state index is 0.211. The van der Waals surface area contributed by atoms with Crippen LogP contribution >= 0.6 is 0 Å². The van der Waals surface area contributed by atoms with E-state index < -0.39 is 5.97 Å². The summed E-state index contributed by atoms with van der Waals surface area (Å²) in [6, 6.07) is 10.2. The molecule has 0 bridgehead atoms. The molecule has 0 saturated carbocycles. The molecule has 2 aromatic carbocycles. The predicted octanol–water partition coefficient (Wildman–Crippen LogP) is 4.88. The van der Waals surface area contributed by atoms with Crippen molar-refractivity contribution in [1.82, 2.24) is 5.06 Å². The van der Waals surface area contributed by atoms with Crippen LogP contribution in [0.2, 0.25) is 0 Å². The molecule has 0 fully saturated rings. The lowest BCUT2D eigenvalue weighted by atomic mass is 9.89. The van der Waals surface area contributed by atoms with E-state index >= 15 is 0 Å². The van der Waals surface area contributed by atoms with Gasteiger partial charge in [-0.2, -0.15) is 0 Å². The molecule has 4 heteroatoms. The molecule has 134 valence electrons. The molecule has 0 N–H and O–H groups in total. The van der Waals surface area contributed by atoms with Crippen LogP contribution in [-0.2, 0) is 14.4 Å². The highest BCUT2D eigenvalue weighted by Crippen LogP contribution is 2.39. The van der Waals surface area contributed by atoms with Gasteiger partial charge in [0.25, 0.3) is 0 Å². The van der Waals surface area contributed by atoms with Gasteiger partial charge in [0.05, 0.1) is 12.6 Å². The number of likely N-dealkylation sites (N-methyl/N-ethyl adjacent to an activating group) is 1. The Morgan fingerprint density at radius 1 is 1.38 bits per heavy atom. The minimum atomic E-state index is -0.448. The van der Waals surface area contributed by atoms with E-state index in [1.54, 1.807) is 12.0 Å². The third-order valence-corrected chi connectivity index (χ3v) is 4.43. The van der Waals surface area contributed by atoms with E-state index in [2.05, 4.69) is 30.9 Å². The van der Waals surface area contributed by atoms with Crippen molar-refractivity contribution in [2.75, 3.05) is 13.7 Å². The summed E-state index contributed by atoms with van der Waals surface area (Å²) in [7, 11) is 1.82. The Morgan fingerprint density at radius 3 is 2.85 bits per heavy atom. The van der Waals surface area contributed by atoms with Crippen molar-refractivity contribution < 1.29 is 14.4 Å². The molecule has 1 aliphatic heterocycles. The maximum Gasteiger partial charge on any atom is 0.375 e. The molecule has 1 atom stereocenters. The topological polar surface area (TPSA) is 38.8 Å². The van der Waals surface area contributed by atoms with Gasteiger partial charge >= 0.3 is 5.97 Å². The van der Waals surface area contributed by atoms with Crippen molar-refractivity contribution in [3.63, 3.8) is 0 Å². The van der Waals surface area contributed by atoms with Crippen LogP contribution < -0.4 is 0 Å². The van der Waals surface area contributed by atoms with E-state index in [4.69, 9.17) is 9.57 Å². The van der Waals surface area contributed by atoms with Gasteiger partial charge in [-0.25, -0.2) is 4.79 Å². The molecule has 1 unspecified atom stereocenters. The summed E-state index contributed by atoms with van der Waals surface area (Å²) in [6.07, 6.45) is 7.75. The molecule has 3 rings (SSSR count). The standard InChI is InChI=1S/C22H23NO3/c1-5-10-15-13-16-11-8-9-12-18(16)21(17(15)6-2)19-14-20(26-23(19)4)22(24)25-7-3/h5-6,8-14,19H,2,7H2,1,3-4H3/b10-5-. The summed E-state index contributed by atoms with van der Waals surface area (Å²) >= 11 is 0. The summed E-state index contributed by atoms with van der Waals surface area (Å²) in [5, 5.41) is 3.92. The van der Waals surface area contributed by atoms with E-state index in [-0.39, 0.29) is 11.8 Å². The first-order chi connectivity index (χ1) is 12.6. The predicted molar refractivity (Wildman–Crippen MR) is 105 cm³/mol.